The molecule has 0 aliphatic rings. The van der Waals surface area contributed by atoms with Crippen LogP contribution >= 0.6 is 0 Å². The summed E-state index contributed by atoms with van der Waals surface area (Å²) in [6.07, 6.45) is -10.3. The first-order chi connectivity index (χ1) is 22.5. The van der Waals surface area contributed by atoms with Crippen molar-refractivity contribution in [1.82, 2.24) is 4.57 Å². The van der Waals surface area contributed by atoms with E-state index < -0.39 is 23.5 Å². The molecule has 0 N–H and O–H groups in total. The van der Waals surface area contributed by atoms with Crippen LogP contribution in [0.1, 0.15) is 16.7 Å². The minimum Gasteiger partial charge on any atom is -0.310 e. The van der Waals surface area contributed by atoms with E-state index in [1.165, 1.54) is 0 Å². The molecule has 0 unspecified atom stereocenters. The molecular formula is C39H26F6N2. The number of nitrogens with zero attached hydrogens (tertiary/aromatic N) is 2. The molecule has 7 aromatic rings. The summed E-state index contributed by atoms with van der Waals surface area (Å²) in [5.74, 6) is 0. The average Bonchev–Trinajstić information content (AvgIpc) is 3.38. The maximum Gasteiger partial charge on any atom is 0.417 e. The van der Waals surface area contributed by atoms with E-state index in [0.29, 0.717) is 23.3 Å². The summed E-state index contributed by atoms with van der Waals surface area (Å²) in [4.78, 5) is 2.18. The lowest BCUT2D eigenvalue weighted by atomic mass is 9.95. The fourth-order valence-corrected chi connectivity index (χ4v) is 6.28. The Morgan fingerprint density at radius 2 is 1.09 bits per heavy atom. The van der Waals surface area contributed by atoms with Crippen LogP contribution in [0, 0.1) is 6.92 Å². The summed E-state index contributed by atoms with van der Waals surface area (Å²) in [5.41, 5.74) is 3.30. The van der Waals surface area contributed by atoms with Crippen LogP contribution in [0.5, 0.6) is 0 Å². The van der Waals surface area contributed by atoms with Crippen molar-refractivity contribution >= 4 is 38.9 Å². The van der Waals surface area contributed by atoms with Gasteiger partial charge >= 0.3 is 12.4 Å². The predicted octanol–water partition coefficient (Wildman–Crippen LogP) is 12.3. The van der Waals surface area contributed by atoms with Crippen LogP contribution in [-0.2, 0) is 12.4 Å². The van der Waals surface area contributed by atoms with E-state index in [1.807, 2.05) is 60.7 Å². The third kappa shape index (κ3) is 5.50. The second kappa shape index (κ2) is 11.4. The van der Waals surface area contributed by atoms with E-state index in [9.17, 15) is 26.3 Å². The molecule has 7 rings (SSSR count). The Morgan fingerprint density at radius 3 is 1.70 bits per heavy atom. The molecule has 2 nitrogen and oxygen atoms in total. The Labute approximate surface area is 266 Å². The fourth-order valence-electron chi connectivity index (χ4n) is 6.28. The highest BCUT2D eigenvalue weighted by Crippen LogP contribution is 2.43. The molecule has 0 saturated carbocycles. The van der Waals surface area contributed by atoms with Crippen molar-refractivity contribution in [2.24, 2.45) is 0 Å². The third-order valence-electron chi connectivity index (χ3n) is 8.35. The molecular weight excluding hydrogens is 610 g/mol. The summed E-state index contributed by atoms with van der Waals surface area (Å²) in [7, 11) is 0. The van der Waals surface area contributed by atoms with Gasteiger partial charge < -0.3 is 9.47 Å². The lowest BCUT2D eigenvalue weighted by Crippen LogP contribution is -2.16. The van der Waals surface area contributed by atoms with E-state index in [1.54, 1.807) is 19.1 Å². The smallest absolute Gasteiger partial charge is 0.310 e. The van der Waals surface area contributed by atoms with Gasteiger partial charge in [-0.15, -0.1) is 0 Å². The van der Waals surface area contributed by atoms with Crippen LogP contribution in [0.4, 0.5) is 43.4 Å². The minimum absolute atomic E-state index is 0.0585. The molecule has 0 amide bonds. The topological polar surface area (TPSA) is 8.17 Å². The molecule has 0 aliphatic carbocycles. The van der Waals surface area contributed by atoms with E-state index in [4.69, 9.17) is 0 Å². The highest BCUT2D eigenvalue weighted by molar-refractivity contribution is 6.10. The van der Waals surface area contributed by atoms with Gasteiger partial charge in [0.05, 0.1) is 22.2 Å². The van der Waals surface area contributed by atoms with E-state index in [0.717, 1.165) is 50.6 Å². The van der Waals surface area contributed by atoms with Crippen LogP contribution in [0.3, 0.4) is 0 Å². The monoisotopic (exact) mass is 636 g/mol. The number of benzene rings is 6. The van der Waals surface area contributed by atoms with Gasteiger partial charge in [-0.3, -0.25) is 0 Å². The van der Waals surface area contributed by atoms with E-state index in [-0.39, 0.29) is 5.56 Å². The Morgan fingerprint density at radius 1 is 0.489 bits per heavy atom. The van der Waals surface area contributed by atoms with Crippen LogP contribution < -0.4 is 4.90 Å². The number of halogens is 6. The van der Waals surface area contributed by atoms with Crippen LogP contribution in [0.15, 0.2) is 140 Å². The lowest BCUT2D eigenvalue weighted by molar-refractivity contribution is -0.162. The number of anilines is 3. The summed E-state index contributed by atoms with van der Waals surface area (Å²) in [6.45, 7) is 1.74. The zero-order valence-electron chi connectivity index (χ0n) is 24.9. The average molecular weight is 637 g/mol. The number of rotatable bonds is 5. The molecule has 0 fully saturated rings. The van der Waals surface area contributed by atoms with Crippen molar-refractivity contribution in [2.75, 3.05) is 4.90 Å². The number of aromatic nitrogens is 1. The molecule has 234 valence electrons. The fraction of sp³-hybridized carbons (Fsp3) is 0.0769. The molecule has 0 atom stereocenters. The molecule has 1 aromatic heterocycles. The molecule has 0 aliphatic heterocycles. The molecule has 6 aromatic carbocycles. The Bertz CT molecular complexity index is 2190. The van der Waals surface area contributed by atoms with Gasteiger partial charge in [0.15, 0.2) is 0 Å². The molecule has 1 heterocycles. The van der Waals surface area contributed by atoms with Gasteiger partial charge in [-0.1, -0.05) is 66.7 Å². The molecule has 47 heavy (non-hydrogen) atoms. The van der Waals surface area contributed by atoms with Gasteiger partial charge in [-0.2, -0.15) is 26.3 Å². The first-order valence-corrected chi connectivity index (χ1v) is 14.8. The van der Waals surface area contributed by atoms with Crippen molar-refractivity contribution < 1.29 is 26.3 Å². The third-order valence-corrected chi connectivity index (χ3v) is 8.35. The van der Waals surface area contributed by atoms with Gasteiger partial charge in [0.1, 0.15) is 0 Å². The summed E-state index contributed by atoms with van der Waals surface area (Å²) in [5, 5.41) is 2.03. The number of alkyl halides is 6. The van der Waals surface area contributed by atoms with Crippen molar-refractivity contribution in [3.05, 3.63) is 156 Å². The van der Waals surface area contributed by atoms with Gasteiger partial charge in [-0.05, 0) is 96.4 Å². The molecule has 0 spiro atoms. The summed E-state index contributed by atoms with van der Waals surface area (Å²) >= 11 is 0. The number of fused-ring (bicyclic) bond motifs is 3. The highest BCUT2D eigenvalue weighted by Gasteiger charge is 2.43. The van der Waals surface area contributed by atoms with Gasteiger partial charge in [0.2, 0.25) is 0 Å². The minimum atomic E-state index is -5.16. The van der Waals surface area contributed by atoms with Crippen molar-refractivity contribution in [1.29, 1.82) is 0 Å². The summed E-state index contributed by atoms with van der Waals surface area (Å²) < 4.78 is 83.3. The molecule has 0 saturated heterocycles. The highest BCUT2D eigenvalue weighted by atomic mass is 19.4. The number of hydrogen-bond donors (Lipinski definition) is 0. The number of aryl methyl sites for hydroxylation is 1. The maximum atomic E-state index is 13.7. The van der Waals surface area contributed by atoms with E-state index >= 15 is 0 Å². The first kappa shape index (κ1) is 30.2. The maximum absolute atomic E-state index is 13.7. The second-order valence-corrected chi connectivity index (χ2v) is 11.3. The summed E-state index contributed by atoms with van der Waals surface area (Å²) in [6, 6.07) is 41.9. The van der Waals surface area contributed by atoms with Gasteiger partial charge in [0, 0.05) is 33.5 Å². The predicted molar refractivity (Wildman–Crippen MR) is 176 cm³/mol. The zero-order chi connectivity index (χ0) is 32.9. The Hall–Kier alpha value is -5.50. The SMILES string of the molecule is Cc1cc(-n2c3ccccc3c3cc(N(c4ccccc4)c4ccccc4)ccc32)ccc1-c1ccc(C(F)(F)F)c(C(F)(F)F)c1. The van der Waals surface area contributed by atoms with Crippen molar-refractivity contribution in [3.63, 3.8) is 0 Å². The van der Waals surface area contributed by atoms with E-state index in [2.05, 4.69) is 58.0 Å². The van der Waals surface area contributed by atoms with Crippen molar-refractivity contribution in [3.8, 4) is 16.8 Å². The Balaban J connectivity index is 1.36. The van der Waals surface area contributed by atoms with Gasteiger partial charge in [-0.25, -0.2) is 0 Å². The standard InChI is InChI=1S/C39H26F6N2/c1-25-22-29(17-19-31(25)26-16-20-34(38(40,41)42)35(23-26)39(43,44)45)47-36-15-9-8-14-32(36)33-24-30(18-21-37(33)47)46(27-10-4-2-5-11-27)28-12-6-3-7-13-28/h2-24H,1H3. The molecule has 0 radical (unpaired) electrons. The van der Waals surface area contributed by atoms with Crippen molar-refractivity contribution in [2.45, 2.75) is 19.3 Å². The van der Waals surface area contributed by atoms with Crippen LogP contribution in [-0.4, -0.2) is 4.57 Å². The lowest BCUT2D eigenvalue weighted by Gasteiger charge is -2.25. The quantitative estimate of drug-likeness (QED) is 0.171. The van der Waals surface area contributed by atoms with Crippen LogP contribution in [0.25, 0.3) is 38.6 Å². The zero-order valence-corrected chi connectivity index (χ0v) is 24.9. The first-order valence-electron chi connectivity index (χ1n) is 14.8. The second-order valence-electron chi connectivity index (χ2n) is 11.3. The molecule has 8 heteroatoms. The van der Waals surface area contributed by atoms with Crippen LogP contribution in [0.2, 0.25) is 0 Å². The number of hydrogen-bond acceptors (Lipinski definition) is 1. The normalized spacial score (nSPS) is 12.1. The molecule has 0 bridgehead atoms. The van der Waals surface area contributed by atoms with Gasteiger partial charge in [0.25, 0.3) is 0 Å². The Kier molecular flexibility index (Phi) is 7.31. The number of para-hydroxylation sites is 3. The largest absolute Gasteiger partial charge is 0.417 e.